The number of thiophene rings is 1. The van der Waals surface area contributed by atoms with Crippen molar-refractivity contribution in [1.29, 1.82) is 0 Å². The lowest BCUT2D eigenvalue weighted by molar-refractivity contribution is 0.409. The van der Waals surface area contributed by atoms with Gasteiger partial charge in [-0.25, -0.2) is 4.99 Å². The predicted octanol–water partition coefficient (Wildman–Crippen LogP) is 11.9. The molecule has 10 aromatic rings. The van der Waals surface area contributed by atoms with E-state index in [1.165, 1.54) is 20.2 Å². The molecule has 4 heterocycles. The van der Waals surface area contributed by atoms with Crippen LogP contribution in [-0.4, -0.2) is 5.84 Å². The molecular weight excluding hydrogens is 647 g/mol. The first kappa shape index (κ1) is 28.6. The van der Waals surface area contributed by atoms with Crippen molar-refractivity contribution in [2.45, 2.75) is 12.3 Å². The Morgan fingerprint density at radius 3 is 1.98 bits per heavy atom. The summed E-state index contributed by atoms with van der Waals surface area (Å²) in [6.45, 7) is 0. The zero-order valence-corrected chi connectivity index (χ0v) is 28.1. The summed E-state index contributed by atoms with van der Waals surface area (Å²) in [5.41, 5.74) is 8.74. The van der Waals surface area contributed by atoms with Crippen molar-refractivity contribution in [2.24, 2.45) is 4.99 Å². The average Bonchev–Trinajstić information content (AvgIpc) is 3.89. The van der Waals surface area contributed by atoms with Gasteiger partial charge in [0.2, 0.25) is 0 Å². The highest BCUT2D eigenvalue weighted by Gasteiger charge is 2.26. The molecule has 1 aliphatic rings. The fourth-order valence-corrected chi connectivity index (χ4v) is 8.88. The second-order valence-electron chi connectivity index (χ2n) is 13.2. The summed E-state index contributed by atoms with van der Waals surface area (Å²) < 4.78 is 15.6. The molecule has 2 unspecified atom stereocenters. The van der Waals surface area contributed by atoms with Crippen molar-refractivity contribution in [1.82, 2.24) is 10.6 Å². The van der Waals surface area contributed by atoms with Crippen molar-refractivity contribution >= 4 is 81.2 Å². The molecule has 0 saturated carbocycles. The smallest absolute Gasteiger partial charge is 0.143 e. The van der Waals surface area contributed by atoms with Crippen LogP contribution >= 0.6 is 11.3 Å². The number of hydrogen-bond donors (Lipinski definition) is 2. The minimum Gasteiger partial charge on any atom is -0.455 e. The van der Waals surface area contributed by atoms with E-state index in [4.69, 9.17) is 13.8 Å². The van der Waals surface area contributed by atoms with Crippen LogP contribution < -0.4 is 10.6 Å². The quantitative estimate of drug-likeness (QED) is 0.195. The third kappa shape index (κ3) is 4.54. The Labute approximate surface area is 296 Å². The molecule has 0 spiro atoms. The van der Waals surface area contributed by atoms with Crippen LogP contribution in [0.25, 0.3) is 75.2 Å². The van der Waals surface area contributed by atoms with Crippen molar-refractivity contribution in [3.05, 3.63) is 168 Å². The first-order chi connectivity index (χ1) is 25.2. The van der Waals surface area contributed by atoms with E-state index >= 15 is 0 Å². The molecule has 2 N–H and O–H groups in total. The van der Waals surface area contributed by atoms with Gasteiger partial charge in [0.25, 0.3) is 0 Å². The molecule has 2 atom stereocenters. The van der Waals surface area contributed by atoms with Crippen molar-refractivity contribution in [3.8, 4) is 11.1 Å². The molecule has 5 nitrogen and oxygen atoms in total. The van der Waals surface area contributed by atoms with Crippen LogP contribution in [0.3, 0.4) is 0 Å². The highest BCUT2D eigenvalue weighted by molar-refractivity contribution is 7.25. The number of amidine groups is 1. The number of nitrogens with one attached hydrogen (secondary N) is 2. The van der Waals surface area contributed by atoms with Gasteiger partial charge >= 0.3 is 0 Å². The Morgan fingerprint density at radius 1 is 0.490 bits per heavy atom. The lowest BCUT2D eigenvalue weighted by Crippen LogP contribution is -2.44. The fourth-order valence-electron chi connectivity index (χ4n) is 7.72. The largest absolute Gasteiger partial charge is 0.455 e. The van der Waals surface area contributed by atoms with Gasteiger partial charge in [-0.2, -0.15) is 0 Å². The van der Waals surface area contributed by atoms with Crippen LogP contribution in [0.15, 0.2) is 165 Å². The molecule has 0 radical (unpaired) electrons. The normalized spacial score (nSPS) is 16.4. The van der Waals surface area contributed by atoms with E-state index in [0.29, 0.717) is 0 Å². The van der Waals surface area contributed by atoms with Gasteiger partial charge in [-0.1, -0.05) is 115 Å². The standard InChI is InChI=1S/C45H29N3O2S/c1-2-10-26(11-3-1)43-46-44(48-45(47-43)28-20-22-31-30-13-5-7-19-39(30)51-40(31)25-28)27-21-23-38-36(24-27)35-17-9-16-34(42(35)50-38)33-15-8-14-32-29-12-4-6-18-37(29)49-41(32)33/h1-25,43,45,47H,(H,46,48). The third-order valence-corrected chi connectivity index (χ3v) is 11.3. The lowest BCUT2D eigenvalue weighted by atomic mass is 9.99. The minimum atomic E-state index is -0.242. The zero-order chi connectivity index (χ0) is 33.5. The average molecular weight is 676 g/mol. The van der Waals surface area contributed by atoms with E-state index in [9.17, 15) is 0 Å². The van der Waals surface area contributed by atoms with E-state index in [2.05, 4.69) is 150 Å². The van der Waals surface area contributed by atoms with E-state index in [1.807, 2.05) is 23.5 Å². The van der Waals surface area contributed by atoms with Crippen LogP contribution in [0.5, 0.6) is 0 Å². The molecule has 0 aliphatic carbocycles. The monoisotopic (exact) mass is 675 g/mol. The summed E-state index contributed by atoms with van der Waals surface area (Å²) in [6, 6.07) is 53.2. The molecule has 0 amide bonds. The molecule has 0 fully saturated rings. The number of aliphatic imine (C=N–C) groups is 1. The van der Waals surface area contributed by atoms with Crippen LogP contribution in [0.1, 0.15) is 29.0 Å². The topological polar surface area (TPSA) is 62.7 Å². The second-order valence-corrected chi connectivity index (χ2v) is 14.2. The zero-order valence-electron chi connectivity index (χ0n) is 27.3. The van der Waals surface area contributed by atoms with Gasteiger partial charge in [0.15, 0.2) is 0 Å². The van der Waals surface area contributed by atoms with Gasteiger partial charge in [-0.3, -0.25) is 5.32 Å². The van der Waals surface area contributed by atoms with Gasteiger partial charge in [-0.15, -0.1) is 11.3 Å². The first-order valence-electron chi connectivity index (χ1n) is 17.2. The van der Waals surface area contributed by atoms with Crippen LogP contribution in [-0.2, 0) is 0 Å². The van der Waals surface area contributed by atoms with Gasteiger partial charge < -0.3 is 14.2 Å². The molecule has 0 saturated heterocycles. The Bertz CT molecular complexity index is 3010. The van der Waals surface area contributed by atoms with Gasteiger partial charge in [0.05, 0.1) is 0 Å². The summed E-state index contributed by atoms with van der Waals surface area (Å²) in [5, 5.41) is 14.4. The Hall–Kier alpha value is -6.21. The Morgan fingerprint density at radius 2 is 1.16 bits per heavy atom. The number of benzene rings is 7. The fraction of sp³-hybridized carbons (Fsp3) is 0.0444. The SMILES string of the molecule is c1ccc(C2NC(c3ccc4oc5c(-c6cccc7c6oc6ccccc67)cccc5c4c3)=NC(c3ccc4c(c3)sc3ccccc34)N2)cc1. The molecule has 6 heteroatoms. The van der Waals surface area contributed by atoms with Gasteiger partial charge in [-0.05, 0) is 47.5 Å². The molecular formula is C45H29N3O2S. The number of furan rings is 2. The maximum Gasteiger partial charge on any atom is 0.143 e. The summed E-state index contributed by atoms with van der Waals surface area (Å²) in [5.74, 6) is 0.837. The molecule has 3 aromatic heterocycles. The summed E-state index contributed by atoms with van der Waals surface area (Å²) in [4.78, 5) is 5.31. The molecule has 7 aromatic carbocycles. The maximum atomic E-state index is 6.64. The number of nitrogens with zero attached hydrogens (tertiary/aromatic N) is 1. The Balaban J connectivity index is 1.04. The highest BCUT2D eigenvalue weighted by Crippen LogP contribution is 2.42. The Kier molecular flexibility index (Phi) is 6.26. The number of hydrogen-bond acceptors (Lipinski definition) is 6. The molecule has 242 valence electrons. The molecule has 0 bridgehead atoms. The third-order valence-electron chi connectivity index (χ3n) is 10.2. The maximum absolute atomic E-state index is 6.64. The summed E-state index contributed by atoms with van der Waals surface area (Å²) >= 11 is 1.83. The van der Waals surface area contributed by atoms with Crippen molar-refractivity contribution < 1.29 is 8.83 Å². The number of para-hydroxylation sites is 3. The van der Waals surface area contributed by atoms with Crippen LogP contribution in [0.2, 0.25) is 0 Å². The van der Waals surface area contributed by atoms with Gasteiger partial charge in [0, 0.05) is 58.4 Å². The van der Waals surface area contributed by atoms with Gasteiger partial charge in [0.1, 0.15) is 40.5 Å². The molecule has 1 aliphatic heterocycles. The second kappa shape index (κ2) is 11.2. The summed E-state index contributed by atoms with van der Waals surface area (Å²) in [7, 11) is 0. The highest BCUT2D eigenvalue weighted by atomic mass is 32.1. The first-order valence-corrected chi connectivity index (χ1v) is 18.0. The number of rotatable bonds is 4. The molecule has 51 heavy (non-hydrogen) atoms. The predicted molar refractivity (Wildman–Crippen MR) is 210 cm³/mol. The van der Waals surface area contributed by atoms with Crippen molar-refractivity contribution in [2.75, 3.05) is 0 Å². The minimum absolute atomic E-state index is 0.130. The van der Waals surface area contributed by atoms with Crippen molar-refractivity contribution in [3.63, 3.8) is 0 Å². The number of fused-ring (bicyclic) bond motifs is 9. The van der Waals surface area contributed by atoms with E-state index in [-0.39, 0.29) is 12.3 Å². The molecule has 11 rings (SSSR count). The van der Waals surface area contributed by atoms with Crippen LogP contribution in [0.4, 0.5) is 0 Å². The van der Waals surface area contributed by atoms with E-state index < -0.39 is 0 Å². The lowest BCUT2D eigenvalue weighted by Gasteiger charge is -2.32. The summed E-state index contributed by atoms with van der Waals surface area (Å²) in [6.07, 6.45) is -0.372. The van der Waals surface area contributed by atoms with E-state index in [0.717, 1.165) is 77.5 Å². The van der Waals surface area contributed by atoms with E-state index in [1.54, 1.807) is 0 Å². The van der Waals surface area contributed by atoms with Crippen LogP contribution in [0, 0.1) is 0 Å².